The molecule has 0 saturated carbocycles. The van der Waals surface area contributed by atoms with Gasteiger partial charge in [0.05, 0.1) is 11.8 Å². The molecule has 2 aromatic rings. The molecule has 1 N–H and O–H groups in total. The lowest BCUT2D eigenvalue weighted by Gasteiger charge is -2.22. The molecule has 1 atom stereocenters. The van der Waals surface area contributed by atoms with E-state index in [2.05, 4.69) is 24.2 Å². The molecule has 0 bridgehead atoms. The minimum Gasteiger partial charge on any atom is -0.481 e. The van der Waals surface area contributed by atoms with Crippen LogP contribution in [-0.4, -0.2) is 27.7 Å². The predicted molar refractivity (Wildman–Crippen MR) is 109 cm³/mol. The van der Waals surface area contributed by atoms with E-state index in [-0.39, 0.29) is 31.2 Å². The molecule has 3 rings (SSSR count). The Kier molecular flexibility index (Phi) is 6.47. The number of amides is 1. The summed E-state index contributed by atoms with van der Waals surface area (Å²) in [4.78, 5) is 23.5. The van der Waals surface area contributed by atoms with Gasteiger partial charge in [-0.25, -0.2) is 5.01 Å². The van der Waals surface area contributed by atoms with E-state index in [0.29, 0.717) is 11.4 Å². The van der Waals surface area contributed by atoms with E-state index in [1.807, 2.05) is 30.3 Å². The average Bonchev–Trinajstić information content (AvgIpc) is 3.13. The predicted octanol–water partition coefficient (Wildman–Crippen LogP) is 4.84. The zero-order chi connectivity index (χ0) is 20.1. The van der Waals surface area contributed by atoms with Crippen molar-refractivity contribution < 1.29 is 14.7 Å². The number of carboxylic acid groups (broad SMARTS) is 1. The van der Waals surface area contributed by atoms with Gasteiger partial charge in [0.2, 0.25) is 5.91 Å². The smallest absolute Gasteiger partial charge is 0.303 e. The van der Waals surface area contributed by atoms with Gasteiger partial charge in [-0.2, -0.15) is 5.10 Å². The van der Waals surface area contributed by atoms with Crippen molar-refractivity contribution in [1.29, 1.82) is 0 Å². The van der Waals surface area contributed by atoms with Crippen molar-refractivity contribution in [3.05, 3.63) is 70.2 Å². The highest BCUT2D eigenvalue weighted by molar-refractivity contribution is 6.31. The van der Waals surface area contributed by atoms with Crippen LogP contribution in [-0.2, 0) is 16.0 Å². The van der Waals surface area contributed by atoms with Crippen molar-refractivity contribution >= 4 is 29.2 Å². The first kappa shape index (κ1) is 20.1. The number of rotatable bonds is 7. The maximum absolute atomic E-state index is 12.8. The Hall–Kier alpha value is -2.66. The van der Waals surface area contributed by atoms with Crippen LogP contribution >= 0.6 is 11.6 Å². The van der Waals surface area contributed by atoms with Crippen LogP contribution in [0.25, 0.3) is 0 Å². The highest BCUT2D eigenvalue weighted by Gasteiger charge is 2.33. The van der Waals surface area contributed by atoms with Gasteiger partial charge in [-0.3, -0.25) is 9.59 Å². The number of hydrazone groups is 1. The molecule has 0 fully saturated rings. The van der Waals surface area contributed by atoms with Gasteiger partial charge in [-0.15, -0.1) is 0 Å². The fourth-order valence-corrected chi connectivity index (χ4v) is 3.60. The number of aliphatic carboxylic acids is 1. The second-order valence-corrected chi connectivity index (χ2v) is 7.23. The fraction of sp³-hybridized carbons (Fsp3) is 0.318. The zero-order valence-electron chi connectivity index (χ0n) is 15.8. The van der Waals surface area contributed by atoms with Gasteiger partial charge in [0.25, 0.3) is 0 Å². The average molecular weight is 399 g/mol. The lowest BCUT2D eigenvalue weighted by atomic mass is 9.97. The molecule has 5 nitrogen and oxygen atoms in total. The Morgan fingerprint density at radius 3 is 2.50 bits per heavy atom. The fourth-order valence-electron chi connectivity index (χ4n) is 3.34. The number of carbonyl (C=O) groups is 2. The number of benzene rings is 2. The van der Waals surface area contributed by atoms with E-state index in [9.17, 15) is 9.59 Å². The lowest BCUT2D eigenvalue weighted by molar-refractivity contribution is -0.137. The zero-order valence-corrected chi connectivity index (χ0v) is 16.5. The molecule has 6 heteroatoms. The van der Waals surface area contributed by atoms with Gasteiger partial charge in [0, 0.05) is 24.3 Å². The normalized spacial score (nSPS) is 16.1. The van der Waals surface area contributed by atoms with E-state index < -0.39 is 5.97 Å². The van der Waals surface area contributed by atoms with Crippen LogP contribution in [0, 0.1) is 0 Å². The van der Waals surface area contributed by atoms with Gasteiger partial charge in [-0.05, 0) is 35.6 Å². The molecule has 0 unspecified atom stereocenters. The largest absolute Gasteiger partial charge is 0.481 e. The number of hydrogen-bond acceptors (Lipinski definition) is 3. The highest BCUT2D eigenvalue weighted by Crippen LogP contribution is 2.36. The van der Waals surface area contributed by atoms with Crippen LogP contribution < -0.4 is 0 Å². The third-order valence-corrected chi connectivity index (χ3v) is 5.25. The van der Waals surface area contributed by atoms with E-state index in [1.54, 1.807) is 6.07 Å². The van der Waals surface area contributed by atoms with Gasteiger partial charge in [0.1, 0.15) is 0 Å². The molecule has 28 heavy (non-hydrogen) atoms. The Balaban J connectivity index is 1.87. The van der Waals surface area contributed by atoms with Gasteiger partial charge in [-0.1, -0.05) is 61.0 Å². The topological polar surface area (TPSA) is 70.0 Å². The summed E-state index contributed by atoms with van der Waals surface area (Å²) in [5.74, 6) is -1.09. The molecule has 0 spiro atoms. The number of nitrogens with zero attached hydrogens (tertiary/aromatic N) is 2. The van der Waals surface area contributed by atoms with Gasteiger partial charge < -0.3 is 5.11 Å². The van der Waals surface area contributed by atoms with E-state index >= 15 is 0 Å². The summed E-state index contributed by atoms with van der Waals surface area (Å²) in [6.07, 6.45) is 1.92. The van der Waals surface area contributed by atoms with Crippen molar-refractivity contribution in [3.63, 3.8) is 0 Å². The highest BCUT2D eigenvalue weighted by atomic mass is 35.5. The first-order chi connectivity index (χ1) is 13.5. The van der Waals surface area contributed by atoms with Crippen LogP contribution in [0.3, 0.4) is 0 Å². The minimum atomic E-state index is -0.905. The third kappa shape index (κ3) is 4.60. The molecule has 1 aliphatic rings. The SMILES string of the molecule is CCc1ccc(C2=NN(C(=O)CCCC(=O)O)[C@H](c3ccccc3Cl)C2)cc1. The number of aryl methyl sites for hydroxylation is 1. The summed E-state index contributed by atoms with van der Waals surface area (Å²) in [5.41, 5.74) is 3.90. The van der Waals surface area contributed by atoms with E-state index in [1.165, 1.54) is 10.6 Å². The number of carbonyl (C=O) groups excluding carboxylic acids is 1. The molecule has 0 aliphatic carbocycles. The first-order valence-electron chi connectivity index (χ1n) is 9.44. The first-order valence-corrected chi connectivity index (χ1v) is 9.82. The van der Waals surface area contributed by atoms with Crippen molar-refractivity contribution in [2.75, 3.05) is 0 Å². The number of hydrogen-bond donors (Lipinski definition) is 1. The van der Waals surface area contributed by atoms with Crippen molar-refractivity contribution in [3.8, 4) is 0 Å². The summed E-state index contributed by atoms with van der Waals surface area (Å²) in [6.45, 7) is 2.10. The van der Waals surface area contributed by atoms with E-state index in [0.717, 1.165) is 23.3 Å². The quantitative estimate of drug-likeness (QED) is 0.725. The maximum Gasteiger partial charge on any atom is 0.303 e. The number of halogens is 1. The molecule has 146 valence electrons. The Labute approximate surface area is 169 Å². The molecular formula is C22H23ClN2O3. The molecule has 0 saturated heterocycles. The van der Waals surface area contributed by atoms with Crippen LogP contribution in [0.5, 0.6) is 0 Å². The van der Waals surface area contributed by atoms with Crippen molar-refractivity contribution in [1.82, 2.24) is 5.01 Å². The monoisotopic (exact) mass is 398 g/mol. The van der Waals surface area contributed by atoms with Crippen molar-refractivity contribution in [2.45, 2.75) is 45.1 Å². The van der Waals surface area contributed by atoms with Crippen LogP contribution in [0.15, 0.2) is 53.6 Å². The Bertz CT molecular complexity index is 893. The molecule has 0 aromatic heterocycles. The molecule has 1 aliphatic heterocycles. The summed E-state index contributed by atoms with van der Waals surface area (Å²) >= 11 is 6.39. The van der Waals surface area contributed by atoms with Gasteiger partial charge in [0.15, 0.2) is 0 Å². The molecule has 1 heterocycles. The second-order valence-electron chi connectivity index (χ2n) is 6.82. The van der Waals surface area contributed by atoms with Crippen molar-refractivity contribution in [2.24, 2.45) is 5.10 Å². The summed E-state index contributed by atoms with van der Waals surface area (Å²) in [6, 6.07) is 15.4. The molecule has 1 amide bonds. The van der Waals surface area contributed by atoms with Crippen LogP contribution in [0.1, 0.15) is 55.3 Å². The third-order valence-electron chi connectivity index (χ3n) is 4.91. The number of carboxylic acids is 1. The van der Waals surface area contributed by atoms with Crippen LogP contribution in [0.2, 0.25) is 5.02 Å². The summed E-state index contributed by atoms with van der Waals surface area (Å²) in [7, 11) is 0. The lowest BCUT2D eigenvalue weighted by Crippen LogP contribution is -2.27. The summed E-state index contributed by atoms with van der Waals surface area (Å²) in [5, 5.41) is 15.5. The molecule has 0 radical (unpaired) electrons. The van der Waals surface area contributed by atoms with Gasteiger partial charge >= 0.3 is 5.97 Å². The minimum absolute atomic E-state index is 0.0363. The maximum atomic E-state index is 12.8. The van der Waals surface area contributed by atoms with Crippen LogP contribution in [0.4, 0.5) is 0 Å². The summed E-state index contributed by atoms with van der Waals surface area (Å²) < 4.78 is 0. The Morgan fingerprint density at radius 2 is 1.86 bits per heavy atom. The Morgan fingerprint density at radius 1 is 1.14 bits per heavy atom. The van der Waals surface area contributed by atoms with E-state index in [4.69, 9.17) is 16.7 Å². The molecule has 2 aromatic carbocycles. The second kappa shape index (κ2) is 9.02. The molecular weight excluding hydrogens is 376 g/mol. The standard InChI is InChI=1S/C22H23ClN2O3/c1-2-15-10-12-16(13-11-15)19-14-20(17-6-3-4-7-18(17)23)25(24-19)21(26)8-5-9-22(27)28/h3-4,6-7,10-13,20H,2,5,8-9,14H2,1H3,(H,27,28)/t20-/m0/s1.